The summed E-state index contributed by atoms with van der Waals surface area (Å²) in [6, 6.07) is 25.2. The summed E-state index contributed by atoms with van der Waals surface area (Å²) in [6.07, 6.45) is 3.32. The van der Waals surface area contributed by atoms with Crippen molar-refractivity contribution in [3.63, 3.8) is 0 Å². The Labute approximate surface area is 188 Å². The first kappa shape index (κ1) is 22.8. The van der Waals surface area contributed by atoms with Gasteiger partial charge in [0.05, 0.1) is 5.92 Å². The van der Waals surface area contributed by atoms with E-state index < -0.39 is 5.97 Å². The molecule has 1 atom stereocenters. The lowest BCUT2D eigenvalue weighted by Gasteiger charge is -2.16. The van der Waals surface area contributed by atoms with E-state index in [4.69, 9.17) is 9.84 Å². The van der Waals surface area contributed by atoms with Gasteiger partial charge in [0.1, 0.15) is 12.4 Å². The lowest BCUT2D eigenvalue weighted by atomic mass is 9.97. The molecule has 0 aliphatic rings. The monoisotopic (exact) mass is 429 g/mol. The van der Waals surface area contributed by atoms with Gasteiger partial charge in [-0.2, -0.15) is 0 Å². The fourth-order valence-electron chi connectivity index (χ4n) is 3.27. The molecule has 32 heavy (non-hydrogen) atoms. The third kappa shape index (κ3) is 6.84. The number of ether oxygens (including phenoxy) is 1. The molecule has 0 fully saturated rings. The molecule has 1 amide bonds. The minimum atomic E-state index is -1.05. The number of hydrogen-bond donors (Lipinski definition) is 2. The van der Waals surface area contributed by atoms with Gasteiger partial charge in [0.15, 0.2) is 0 Å². The summed E-state index contributed by atoms with van der Waals surface area (Å²) < 4.78 is 5.92. The van der Waals surface area contributed by atoms with Gasteiger partial charge in [-0.05, 0) is 48.2 Å². The molecule has 0 aliphatic heterocycles. The molecule has 0 radical (unpaired) electrons. The summed E-state index contributed by atoms with van der Waals surface area (Å²) in [7, 11) is 0. The zero-order valence-electron chi connectivity index (χ0n) is 18.0. The second-order valence-electron chi connectivity index (χ2n) is 7.49. The van der Waals surface area contributed by atoms with E-state index in [1.807, 2.05) is 73.7 Å². The number of carbonyl (C=O) groups is 2. The number of aliphatic carboxylic acids is 1. The van der Waals surface area contributed by atoms with Crippen LogP contribution in [0.15, 0.2) is 84.9 Å². The standard InChI is InChI=1S/C27H27NO4/c1-20(27(31)28-17-16-21-8-4-2-5-9-21)23-12-14-25(24(18-23)13-15-26(29)30)32-19-22-10-6-3-7-11-22/h2-15,18,20H,16-17,19H2,1H3,(H,28,31)(H,29,30). The Bertz CT molecular complexity index is 1060. The van der Waals surface area contributed by atoms with Gasteiger partial charge in [-0.1, -0.05) is 66.7 Å². The van der Waals surface area contributed by atoms with Gasteiger partial charge in [-0.25, -0.2) is 4.79 Å². The normalized spacial score (nSPS) is 11.8. The molecule has 3 aromatic rings. The molecule has 0 aromatic heterocycles. The highest BCUT2D eigenvalue weighted by molar-refractivity contribution is 5.87. The fraction of sp³-hybridized carbons (Fsp3) is 0.185. The number of amides is 1. The number of benzene rings is 3. The molecule has 164 valence electrons. The van der Waals surface area contributed by atoms with Crippen LogP contribution in [0.25, 0.3) is 6.08 Å². The molecule has 1 unspecified atom stereocenters. The van der Waals surface area contributed by atoms with Crippen LogP contribution in [0.1, 0.15) is 35.1 Å². The third-order valence-corrected chi connectivity index (χ3v) is 5.13. The van der Waals surface area contributed by atoms with Crippen molar-refractivity contribution >= 4 is 18.0 Å². The van der Waals surface area contributed by atoms with E-state index in [0.717, 1.165) is 23.6 Å². The smallest absolute Gasteiger partial charge is 0.328 e. The van der Waals surface area contributed by atoms with E-state index >= 15 is 0 Å². The van der Waals surface area contributed by atoms with Crippen molar-refractivity contribution in [2.45, 2.75) is 25.9 Å². The number of nitrogens with one attached hydrogen (secondary N) is 1. The highest BCUT2D eigenvalue weighted by atomic mass is 16.5. The topological polar surface area (TPSA) is 75.6 Å². The second kappa shape index (κ2) is 11.5. The number of carboxylic acids is 1. The minimum absolute atomic E-state index is 0.0768. The van der Waals surface area contributed by atoms with Crippen molar-refractivity contribution in [2.24, 2.45) is 0 Å². The molecule has 0 spiro atoms. The summed E-state index contributed by atoms with van der Waals surface area (Å²) in [6.45, 7) is 2.75. The largest absolute Gasteiger partial charge is 0.488 e. The summed E-state index contributed by atoms with van der Waals surface area (Å²) >= 11 is 0. The van der Waals surface area contributed by atoms with Gasteiger partial charge in [0.2, 0.25) is 5.91 Å². The molecule has 0 saturated heterocycles. The second-order valence-corrected chi connectivity index (χ2v) is 7.49. The van der Waals surface area contributed by atoms with Gasteiger partial charge in [0.25, 0.3) is 0 Å². The van der Waals surface area contributed by atoms with Crippen LogP contribution in [-0.4, -0.2) is 23.5 Å². The predicted molar refractivity (Wildman–Crippen MR) is 125 cm³/mol. The molecular weight excluding hydrogens is 402 g/mol. The van der Waals surface area contributed by atoms with E-state index in [9.17, 15) is 9.59 Å². The Morgan fingerprint density at radius 3 is 2.28 bits per heavy atom. The van der Waals surface area contributed by atoms with Crippen LogP contribution in [-0.2, 0) is 22.6 Å². The maximum Gasteiger partial charge on any atom is 0.328 e. The highest BCUT2D eigenvalue weighted by Gasteiger charge is 2.16. The van der Waals surface area contributed by atoms with Crippen LogP contribution in [0.5, 0.6) is 5.75 Å². The maximum absolute atomic E-state index is 12.7. The molecule has 3 aromatic carbocycles. The summed E-state index contributed by atoms with van der Waals surface area (Å²) in [5.41, 5.74) is 3.58. The first-order chi connectivity index (χ1) is 15.5. The number of carbonyl (C=O) groups excluding carboxylic acids is 1. The van der Waals surface area contributed by atoms with Crippen molar-refractivity contribution in [2.75, 3.05) is 6.54 Å². The number of carboxylic acid groups (broad SMARTS) is 1. The lowest BCUT2D eigenvalue weighted by molar-refractivity contribution is -0.131. The summed E-state index contributed by atoms with van der Waals surface area (Å²) in [5, 5.41) is 12.0. The van der Waals surface area contributed by atoms with Gasteiger partial charge in [-0.3, -0.25) is 4.79 Å². The van der Waals surface area contributed by atoms with E-state index in [2.05, 4.69) is 5.32 Å². The van der Waals surface area contributed by atoms with Crippen molar-refractivity contribution in [3.05, 3.63) is 107 Å². The van der Waals surface area contributed by atoms with Crippen molar-refractivity contribution < 1.29 is 19.4 Å². The zero-order valence-corrected chi connectivity index (χ0v) is 18.0. The zero-order chi connectivity index (χ0) is 22.8. The predicted octanol–water partition coefficient (Wildman–Crippen LogP) is 4.83. The molecular formula is C27H27NO4. The van der Waals surface area contributed by atoms with Gasteiger partial charge < -0.3 is 15.2 Å². The molecule has 0 saturated carbocycles. The van der Waals surface area contributed by atoms with Crippen LogP contribution >= 0.6 is 0 Å². The first-order valence-corrected chi connectivity index (χ1v) is 10.6. The fourth-order valence-corrected chi connectivity index (χ4v) is 3.27. The van der Waals surface area contributed by atoms with Crippen LogP contribution in [0.2, 0.25) is 0 Å². The van der Waals surface area contributed by atoms with Crippen LogP contribution in [0, 0.1) is 0 Å². The Hall–Kier alpha value is -3.86. The SMILES string of the molecule is CC(C(=O)NCCc1ccccc1)c1ccc(OCc2ccccc2)c(C=CC(=O)O)c1. The average molecular weight is 430 g/mol. The molecule has 5 nitrogen and oxygen atoms in total. The molecule has 5 heteroatoms. The quantitative estimate of drug-likeness (QED) is 0.453. The molecule has 0 aliphatic carbocycles. The van der Waals surface area contributed by atoms with Crippen LogP contribution < -0.4 is 10.1 Å². The minimum Gasteiger partial charge on any atom is -0.488 e. The van der Waals surface area contributed by atoms with Crippen molar-refractivity contribution in [3.8, 4) is 5.75 Å². The van der Waals surface area contributed by atoms with E-state index in [1.165, 1.54) is 11.6 Å². The maximum atomic E-state index is 12.7. The van der Waals surface area contributed by atoms with Crippen LogP contribution in [0.3, 0.4) is 0 Å². The van der Waals surface area contributed by atoms with Gasteiger partial charge in [0, 0.05) is 18.2 Å². The van der Waals surface area contributed by atoms with E-state index in [1.54, 1.807) is 12.1 Å². The lowest BCUT2D eigenvalue weighted by Crippen LogP contribution is -2.29. The summed E-state index contributed by atoms with van der Waals surface area (Å²) in [5.74, 6) is -0.944. The van der Waals surface area contributed by atoms with Crippen molar-refractivity contribution in [1.82, 2.24) is 5.32 Å². The molecule has 0 bridgehead atoms. The molecule has 2 N–H and O–H groups in total. The Kier molecular flexibility index (Phi) is 8.21. The van der Waals surface area contributed by atoms with E-state index in [-0.39, 0.29) is 11.8 Å². The average Bonchev–Trinajstić information content (AvgIpc) is 2.82. The molecule has 3 rings (SSSR count). The summed E-state index contributed by atoms with van der Waals surface area (Å²) in [4.78, 5) is 23.7. The van der Waals surface area contributed by atoms with Crippen molar-refractivity contribution in [1.29, 1.82) is 0 Å². The highest BCUT2D eigenvalue weighted by Crippen LogP contribution is 2.27. The Morgan fingerprint density at radius 2 is 1.62 bits per heavy atom. The van der Waals surface area contributed by atoms with Crippen LogP contribution in [0.4, 0.5) is 0 Å². The first-order valence-electron chi connectivity index (χ1n) is 10.6. The third-order valence-electron chi connectivity index (χ3n) is 5.13. The molecule has 0 heterocycles. The van der Waals surface area contributed by atoms with Gasteiger partial charge in [-0.15, -0.1) is 0 Å². The Morgan fingerprint density at radius 1 is 0.969 bits per heavy atom. The number of rotatable bonds is 10. The van der Waals surface area contributed by atoms with Gasteiger partial charge >= 0.3 is 5.97 Å². The number of hydrogen-bond acceptors (Lipinski definition) is 3. The van der Waals surface area contributed by atoms with E-state index in [0.29, 0.717) is 24.5 Å². The Balaban J connectivity index is 1.68.